The number of hydrogen-bond acceptors (Lipinski definition) is 5. The van der Waals surface area contributed by atoms with E-state index in [0.29, 0.717) is 13.0 Å². The summed E-state index contributed by atoms with van der Waals surface area (Å²) in [5.41, 5.74) is -1.91. The van der Waals surface area contributed by atoms with Gasteiger partial charge in [0.15, 0.2) is 23.7 Å². The molecule has 1 saturated heterocycles. The van der Waals surface area contributed by atoms with E-state index < -0.39 is 56.7 Å². The van der Waals surface area contributed by atoms with Crippen LogP contribution < -0.4 is 10.1 Å². The molecule has 0 aliphatic carbocycles. The number of hydrogen-bond donors (Lipinski definition) is 1. The molecule has 0 bridgehead atoms. The first-order chi connectivity index (χ1) is 13.1. The Balaban J connectivity index is 2.60. The fraction of sp³-hybridized carbons (Fsp3) is 0.579. The fourth-order valence-electron chi connectivity index (χ4n) is 2.50. The average molecular weight is 464 g/mol. The zero-order chi connectivity index (χ0) is 21.1. The fourth-order valence-corrected chi connectivity index (χ4v) is 2.88. The third kappa shape index (κ3) is 5.00. The first-order valence-electron chi connectivity index (χ1n) is 9.05. The summed E-state index contributed by atoms with van der Waals surface area (Å²) in [5.74, 6) is -4.33. The lowest BCUT2D eigenvalue weighted by Gasteiger charge is -2.26. The Kier molecular flexibility index (Phi) is 7.39. The number of ether oxygens (including phenoxy) is 3. The molecule has 1 atom stereocenters. The van der Waals surface area contributed by atoms with Crippen molar-refractivity contribution in [3.8, 4) is 5.75 Å². The summed E-state index contributed by atoms with van der Waals surface area (Å²) in [5, 5.41) is 2.37. The molecule has 1 amide bonds. The maximum Gasteiger partial charge on any atom is 0.344 e. The highest BCUT2D eigenvalue weighted by Gasteiger charge is 2.34. The molecule has 28 heavy (non-hydrogen) atoms. The van der Waals surface area contributed by atoms with Crippen molar-refractivity contribution in [3.05, 3.63) is 21.7 Å². The van der Waals surface area contributed by atoms with Crippen LogP contribution in [-0.2, 0) is 14.3 Å². The van der Waals surface area contributed by atoms with Crippen LogP contribution in [0.5, 0.6) is 5.75 Å². The van der Waals surface area contributed by atoms with Crippen LogP contribution in [-0.4, -0.2) is 31.4 Å². The predicted octanol–water partition coefficient (Wildman–Crippen LogP) is 4.79. The highest BCUT2D eigenvalue weighted by Crippen LogP contribution is 2.40. The Labute approximate surface area is 171 Å². The molecular weight excluding hydrogens is 440 g/mol. The van der Waals surface area contributed by atoms with Crippen molar-refractivity contribution in [1.82, 2.24) is 0 Å². The molecule has 0 spiro atoms. The Bertz CT molecular complexity index is 758. The third-order valence-electron chi connectivity index (χ3n) is 4.07. The van der Waals surface area contributed by atoms with E-state index in [1.165, 1.54) is 0 Å². The number of amides is 1. The summed E-state index contributed by atoms with van der Waals surface area (Å²) in [6.45, 7) is 6.82. The number of rotatable bonds is 5. The van der Waals surface area contributed by atoms with E-state index in [-0.39, 0.29) is 6.61 Å². The van der Waals surface area contributed by atoms with Crippen LogP contribution in [0.4, 0.5) is 14.5 Å². The van der Waals surface area contributed by atoms with Gasteiger partial charge in [0.25, 0.3) is 0 Å². The first kappa shape index (κ1) is 22.5. The van der Waals surface area contributed by atoms with Gasteiger partial charge in [-0.1, -0.05) is 20.8 Å². The Hall–Kier alpha value is -1.74. The summed E-state index contributed by atoms with van der Waals surface area (Å²) in [4.78, 5) is 24.9. The van der Waals surface area contributed by atoms with Gasteiger partial charge >= 0.3 is 5.97 Å². The topological polar surface area (TPSA) is 73.9 Å². The van der Waals surface area contributed by atoms with Crippen LogP contribution >= 0.6 is 15.9 Å². The molecule has 156 valence electrons. The molecule has 0 radical (unpaired) electrons. The predicted molar refractivity (Wildman–Crippen MR) is 102 cm³/mol. The first-order valence-corrected chi connectivity index (χ1v) is 9.84. The van der Waals surface area contributed by atoms with Crippen LogP contribution in [0.2, 0.25) is 0 Å². The maximum absolute atomic E-state index is 14.8. The summed E-state index contributed by atoms with van der Waals surface area (Å²) in [6, 6.07) is 0. The minimum Gasteiger partial charge on any atom is -0.462 e. The lowest BCUT2D eigenvalue weighted by Crippen LogP contribution is -2.30. The zero-order valence-electron chi connectivity index (χ0n) is 16.3. The number of carbonyl (C=O) groups is 2. The van der Waals surface area contributed by atoms with Gasteiger partial charge in [-0.3, -0.25) is 4.79 Å². The molecular formula is C19H24BrF2NO5. The monoisotopic (exact) mass is 463 g/mol. The normalized spacial score (nSPS) is 17.2. The average Bonchev–Trinajstić information content (AvgIpc) is 2.64. The van der Waals surface area contributed by atoms with Gasteiger partial charge in [0.1, 0.15) is 5.56 Å². The van der Waals surface area contributed by atoms with Gasteiger partial charge in [-0.25, -0.2) is 13.6 Å². The van der Waals surface area contributed by atoms with E-state index in [1.807, 2.05) is 0 Å². The maximum atomic E-state index is 14.8. The smallest absolute Gasteiger partial charge is 0.344 e. The SMILES string of the molecule is CCOC(=O)c1c(NC(=O)C(C)(C)C)c(F)c(Br)c(F)c1OC1CCCCO1. The minimum atomic E-state index is -1.13. The molecule has 1 aromatic carbocycles. The van der Waals surface area contributed by atoms with Gasteiger partial charge in [0, 0.05) is 11.8 Å². The van der Waals surface area contributed by atoms with Gasteiger partial charge in [0.2, 0.25) is 5.91 Å². The van der Waals surface area contributed by atoms with Crippen LogP contribution in [0, 0.1) is 17.0 Å². The standard InChI is InChI=1S/C19H24BrF2NO5/c1-5-26-17(24)11-15(23-18(25)19(2,3)4)13(21)12(20)14(22)16(11)28-10-8-6-7-9-27-10/h10H,5-9H2,1-4H3,(H,23,25). The van der Waals surface area contributed by atoms with Crippen LogP contribution in [0.25, 0.3) is 0 Å². The lowest BCUT2D eigenvalue weighted by molar-refractivity contribution is -0.123. The minimum absolute atomic E-state index is 0.0236. The van der Waals surface area contributed by atoms with Crippen LogP contribution in [0.3, 0.4) is 0 Å². The Morgan fingerprint density at radius 2 is 1.93 bits per heavy atom. The molecule has 1 aliphatic heterocycles. The number of nitrogens with one attached hydrogen (secondary N) is 1. The highest BCUT2D eigenvalue weighted by atomic mass is 79.9. The molecule has 2 rings (SSSR count). The summed E-state index contributed by atoms with van der Waals surface area (Å²) in [6.07, 6.45) is 1.34. The lowest BCUT2D eigenvalue weighted by atomic mass is 9.95. The summed E-state index contributed by atoms with van der Waals surface area (Å²) < 4.78 is 45.1. The number of anilines is 1. The zero-order valence-corrected chi connectivity index (χ0v) is 17.9. The van der Waals surface area contributed by atoms with Crippen LogP contribution in [0.1, 0.15) is 57.3 Å². The van der Waals surface area contributed by atoms with Crippen molar-refractivity contribution in [3.63, 3.8) is 0 Å². The molecule has 1 heterocycles. The molecule has 1 unspecified atom stereocenters. The van der Waals surface area contributed by atoms with Gasteiger partial charge in [-0.15, -0.1) is 0 Å². The molecule has 0 saturated carbocycles. The van der Waals surface area contributed by atoms with Gasteiger partial charge in [0.05, 0.1) is 23.4 Å². The summed E-state index contributed by atoms with van der Waals surface area (Å²) >= 11 is 2.83. The van der Waals surface area contributed by atoms with Crippen molar-refractivity contribution >= 4 is 33.5 Å². The molecule has 1 aliphatic rings. The highest BCUT2D eigenvalue weighted by molar-refractivity contribution is 9.10. The van der Waals surface area contributed by atoms with Crippen molar-refractivity contribution in [2.75, 3.05) is 18.5 Å². The number of halogens is 3. The van der Waals surface area contributed by atoms with Crippen LogP contribution in [0.15, 0.2) is 4.47 Å². The van der Waals surface area contributed by atoms with Crippen molar-refractivity contribution in [2.45, 2.75) is 53.2 Å². The van der Waals surface area contributed by atoms with E-state index in [1.54, 1.807) is 27.7 Å². The van der Waals surface area contributed by atoms with E-state index in [9.17, 15) is 18.4 Å². The number of esters is 1. The summed E-state index contributed by atoms with van der Waals surface area (Å²) in [7, 11) is 0. The number of benzene rings is 1. The molecule has 6 nitrogen and oxygen atoms in total. The molecule has 9 heteroatoms. The van der Waals surface area contributed by atoms with E-state index >= 15 is 0 Å². The molecule has 1 fully saturated rings. The van der Waals surface area contributed by atoms with Gasteiger partial charge in [-0.05, 0) is 35.7 Å². The number of carbonyl (C=O) groups excluding carboxylic acids is 2. The Morgan fingerprint density at radius 1 is 1.25 bits per heavy atom. The second-order valence-corrected chi connectivity index (χ2v) is 8.15. The third-order valence-corrected chi connectivity index (χ3v) is 4.76. The van der Waals surface area contributed by atoms with E-state index in [2.05, 4.69) is 21.2 Å². The van der Waals surface area contributed by atoms with E-state index in [4.69, 9.17) is 14.2 Å². The van der Waals surface area contributed by atoms with E-state index in [0.717, 1.165) is 12.8 Å². The molecule has 1 N–H and O–H groups in total. The molecule has 0 aromatic heterocycles. The van der Waals surface area contributed by atoms with Crippen molar-refractivity contribution in [2.24, 2.45) is 5.41 Å². The van der Waals surface area contributed by atoms with Crippen molar-refractivity contribution < 1.29 is 32.6 Å². The van der Waals surface area contributed by atoms with Gasteiger partial charge in [-0.2, -0.15) is 0 Å². The quantitative estimate of drug-likeness (QED) is 0.501. The van der Waals surface area contributed by atoms with Gasteiger partial charge < -0.3 is 19.5 Å². The largest absolute Gasteiger partial charge is 0.462 e. The second kappa shape index (κ2) is 9.17. The second-order valence-electron chi connectivity index (χ2n) is 7.36. The van der Waals surface area contributed by atoms with Crippen molar-refractivity contribution in [1.29, 1.82) is 0 Å². The molecule has 1 aromatic rings. The Morgan fingerprint density at radius 3 is 2.46 bits per heavy atom.